The third kappa shape index (κ3) is 4.78. The topological polar surface area (TPSA) is 84.9 Å². The van der Waals surface area contributed by atoms with Crippen LogP contribution in [0.1, 0.15) is 24.2 Å². The van der Waals surface area contributed by atoms with Crippen molar-refractivity contribution in [2.24, 2.45) is 0 Å². The Bertz CT molecular complexity index is 886. The molecule has 0 fully saturated rings. The number of hydrogen-bond acceptors (Lipinski definition) is 5. The van der Waals surface area contributed by atoms with Crippen LogP contribution >= 0.6 is 0 Å². The summed E-state index contributed by atoms with van der Waals surface area (Å²) in [5, 5.41) is 2.74. The van der Waals surface area contributed by atoms with Crippen LogP contribution in [0.15, 0.2) is 47.4 Å². The number of anilines is 1. The van der Waals surface area contributed by atoms with E-state index in [1.54, 1.807) is 44.2 Å². The molecule has 0 saturated carbocycles. The number of nitrogens with one attached hydrogen (secondary N) is 1. The SMILES string of the molecule is CCN(CC)S(=O)(=O)c1cccc(C(=O)Nc2cc(OC)cc(OC)c2)c1. The highest BCUT2D eigenvalue weighted by atomic mass is 32.2. The maximum atomic E-state index is 12.7. The van der Waals surface area contributed by atoms with Gasteiger partial charge in [0, 0.05) is 42.5 Å². The van der Waals surface area contributed by atoms with Gasteiger partial charge in [-0.05, 0) is 18.2 Å². The number of hydrogen-bond donors (Lipinski definition) is 1. The summed E-state index contributed by atoms with van der Waals surface area (Å²) in [6, 6.07) is 11.0. The van der Waals surface area contributed by atoms with Gasteiger partial charge in [-0.25, -0.2) is 8.42 Å². The normalized spacial score (nSPS) is 11.3. The van der Waals surface area contributed by atoms with Crippen molar-refractivity contribution in [3.8, 4) is 11.5 Å². The van der Waals surface area contributed by atoms with Gasteiger partial charge in [0.15, 0.2) is 0 Å². The quantitative estimate of drug-likeness (QED) is 0.746. The smallest absolute Gasteiger partial charge is 0.255 e. The maximum absolute atomic E-state index is 12.7. The third-order valence-electron chi connectivity index (χ3n) is 4.05. The Morgan fingerprint density at radius 3 is 2.11 bits per heavy atom. The highest BCUT2D eigenvalue weighted by molar-refractivity contribution is 7.89. The molecule has 0 saturated heterocycles. The van der Waals surface area contributed by atoms with Crippen molar-refractivity contribution >= 4 is 21.6 Å². The highest BCUT2D eigenvalue weighted by Crippen LogP contribution is 2.26. The van der Waals surface area contributed by atoms with E-state index in [9.17, 15) is 13.2 Å². The van der Waals surface area contributed by atoms with E-state index in [-0.39, 0.29) is 10.5 Å². The average molecular weight is 392 g/mol. The van der Waals surface area contributed by atoms with Gasteiger partial charge in [-0.2, -0.15) is 4.31 Å². The Morgan fingerprint density at radius 1 is 1.00 bits per heavy atom. The predicted octanol–water partition coefficient (Wildman–Crippen LogP) is 2.99. The van der Waals surface area contributed by atoms with Crippen LogP contribution < -0.4 is 14.8 Å². The standard InChI is InChI=1S/C19H24N2O5S/c1-5-21(6-2)27(23,24)18-9-7-8-14(10-18)19(22)20-15-11-16(25-3)13-17(12-15)26-4/h7-13H,5-6H2,1-4H3,(H,20,22). The summed E-state index contributed by atoms with van der Waals surface area (Å²) in [5.41, 5.74) is 0.721. The van der Waals surface area contributed by atoms with Crippen LogP contribution in [0.4, 0.5) is 5.69 Å². The minimum absolute atomic E-state index is 0.0853. The molecule has 0 unspecified atom stereocenters. The third-order valence-corrected chi connectivity index (χ3v) is 6.09. The van der Waals surface area contributed by atoms with Gasteiger partial charge in [0.05, 0.1) is 19.1 Å². The molecule has 2 rings (SSSR count). The fourth-order valence-electron chi connectivity index (χ4n) is 2.59. The van der Waals surface area contributed by atoms with Crippen LogP contribution in [0.25, 0.3) is 0 Å². The van der Waals surface area contributed by atoms with Gasteiger partial charge in [-0.3, -0.25) is 4.79 Å². The molecule has 2 aromatic carbocycles. The van der Waals surface area contributed by atoms with Crippen molar-refractivity contribution in [2.45, 2.75) is 18.7 Å². The average Bonchev–Trinajstić information content (AvgIpc) is 2.68. The van der Waals surface area contributed by atoms with E-state index in [4.69, 9.17) is 9.47 Å². The first-order chi connectivity index (χ1) is 12.8. The Morgan fingerprint density at radius 2 is 1.59 bits per heavy atom. The largest absolute Gasteiger partial charge is 0.497 e. The number of nitrogens with zero attached hydrogens (tertiary/aromatic N) is 1. The van der Waals surface area contributed by atoms with Gasteiger partial charge in [0.25, 0.3) is 5.91 Å². The zero-order valence-electron chi connectivity index (χ0n) is 15.9. The predicted molar refractivity (Wildman–Crippen MR) is 104 cm³/mol. The molecule has 1 amide bonds. The van der Waals surface area contributed by atoms with Gasteiger partial charge < -0.3 is 14.8 Å². The van der Waals surface area contributed by atoms with E-state index in [0.717, 1.165) is 0 Å². The van der Waals surface area contributed by atoms with Gasteiger partial charge in [-0.1, -0.05) is 19.9 Å². The summed E-state index contributed by atoms with van der Waals surface area (Å²) < 4.78 is 37.0. The number of amides is 1. The molecule has 0 atom stereocenters. The van der Waals surface area contributed by atoms with Crippen LogP contribution in [0.5, 0.6) is 11.5 Å². The molecule has 146 valence electrons. The van der Waals surface area contributed by atoms with Gasteiger partial charge in [0.2, 0.25) is 10.0 Å². The van der Waals surface area contributed by atoms with E-state index in [2.05, 4.69) is 5.32 Å². The lowest BCUT2D eigenvalue weighted by Gasteiger charge is -2.18. The maximum Gasteiger partial charge on any atom is 0.255 e. The Labute approximate surface area is 160 Å². The minimum Gasteiger partial charge on any atom is -0.497 e. The number of sulfonamides is 1. The molecule has 0 radical (unpaired) electrons. The molecule has 0 heterocycles. The van der Waals surface area contributed by atoms with Crippen molar-refractivity contribution in [1.82, 2.24) is 4.31 Å². The Balaban J connectivity index is 2.31. The van der Waals surface area contributed by atoms with Crippen molar-refractivity contribution in [3.05, 3.63) is 48.0 Å². The Kier molecular flexibility index (Phi) is 6.81. The van der Waals surface area contributed by atoms with Gasteiger partial charge in [0.1, 0.15) is 11.5 Å². The first-order valence-electron chi connectivity index (χ1n) is 8.50. The second-order valence-electron chi connectivity index (χ2n) is 5.67. The fourth-order valence-corrected chi connectivity index (χ4v) is 4.10. The van der Waals surface area contributed by atoms with Crippen molar-refractivity contribution in [2.75, 3.05) is 32.6 Å². The summed E-state index contributed by atoms with van der Waals surface area (Å²) in [6.45, 7) is 4.26. The van der Waals surface area contributed by atoms with Crippen LogP contribution in [0.2, 0.25) is 0 Å². The number of carbonyl (C=O) groups is 1. The van der Waals surface area contributed by atoms with Crippen LogP contribution in [0.3, 0.4) is 0 Å². The van der Waals surface area contributed by atoms with E-state index in [0.29, 0.717) is 30.3 Å². The highest BCUT2D eigenvalue weighted by Gasteiger charge is 2.22. The minimum atomic E-state index is -3.64. The van der Waals surface area contributed by atoms with Crippen LogP contribution in [-0.4, -0.2) is 45.9 Å². The molecular formula is C19H24N2O5S. The van der Waals surface area contributed by atoms with Crippen molar-refractivity contribution in [1.29, 1.82) is 0 Å². The van der Waals surface area contributed by atoms with E-state index in [1.807, 2.05) is 0 Å². The lowest BCUT2D eigenvalue weighted by atomic mass is 10.2. The molecule has 0 aliphatic rings. The second-order valence-corrected chi connectivity index (χ2v) is 7.61. The second kappa shape index (κ2) is 8.88. The number of methoxy groups -OCH3 is 2. The van der Waals surface area contributed by atoms with Gasteiger partial charge in [-0.15, -0.1) is 0 Å². The molecule has 7 nitrogen and oxygen atoms in total. The summed E-state index contributed by atoms with van der Waals surface area (Å²) in [6.07, 6.45) is 0. The number of carbonyl (C=O) groups excluding carboxylic acids is 1. The molecule has 0 spiro atoms. The molecule has 0 aliphatic heterocycles. The summed E-state index contributed by atoms with van der Waals surface area (Å²) in [5.74, 6) is 0.631. The summed E-state index contributed by atoms with van der Waals surface area (Å²) >= 11 is 0. The van der Waals surface area contributed by atoms with E-state index >= 15 is 0 Å². The lowest BCUT2D eigenvalue weighted by molar-refractivity contribution is 0.102. The first-order valence-corrected chi connectivity index (χ1v) is 9.94. The molecule has 0 aromatic heterocycles. The van der Waals surface area contributed by atoms with E-state index < -0.39 is 15.9 Å². The summed E-state index contributed by atoms with van der Waals surface area (Å²) in [7, 11) is -0.606. The zero-order chi connectivity index (χ0) is 20.0. The van der Waals surface area contributed by atoms with Crippen molar-refractivity contribution < 1.29 is 22.7 Å². The first kappa shape index (κ1) is 20.7. The fraction of sp³-hybridized carbons (Fsp3) is 0.316. The molecule has 1 N–H and O–H groups in total. The summed E-state index contributed by atoms with van der Waals surface area (Å²) in [4.78, 5) is 12.7. The van der Waals surface area contributed by atoms with Crippen LogP contribution in [-0.2, 0) is 10.0 Å². The molecule has 0 aliphatic carbocycles. The monoisotopic (exact) mass is 392 g/mol. The Hall–Kier alpha value is -2.58. The molecule has 8 heteroatoms. The lowest BCUT2D eigenvalue weighted by Crippen LogP contribution is -2.30. The van der Waals surface area contributed by atoms with Gasteiger partial charge >= 0.3 is 0 Å². The molecule has 0 bridgehead atoms. The zero-order valence-corrected chi connectivity index (χ0v) is 16.7. The number of rotatable bonds is 8. The number of benzene rings is 2. The van der Waals surface area contributed by atoms with Crippen molar-refractivity contribution in [3.63, 3.8) is 0 Å². The van der Waals surface area contributed by atoms with E-state index in [1.165, 1.54) is 30.7 Å². The number of ether oxygens (including phenoxy) is 2. The molecular weight excluding hydrogens is 368 g/mol. The molecule has 27 heavy (non-hydrogen) atoms. The van der Waals surface area contributed by atoms with Crippen LogP contribution in [0, 0.1) is 0 Å². The molecule has 2 aromatic rings.